The number of aromatic nitrogens is 2. The summed E-state index contributed by atoms with van der Waals surface area (Å²) in [5.74, 6) is -1.93. The molecule has 2 aliphatic heterocycles. The number of allylic oxidation sites excluding steroid dienone is 1. The minimum atomic E-state index is -1.13. The predicted octanol–water partition coefficient (Wildman–Crippen LogP) is 6.03. The maximum Gasteiger partial charge on any atom is 0.411 e. The third-order valence-corrected chi connectivity index (χ3v) is 7.38. The standard InChI is InChI=1S/C29H27ClF2N4O5/c1-40-25(38)14-16-7-8-17-20(13-16)34-24(37)6-4-2-3-5-22(28-33-15-21(17)35-28)36-12-11-23(41-29(36)39)26-19(31)10-9-18(30)27(26)32/h2-3,7-10,13,15,22-23H,4-6,11-12,14H2,1H3,(H,33,35)(H,34,37)/b3-2+/t22-,23+/m0/s1. The molecule has 3 heterocycles. The molecule has 3 aromatic rings. The van der Waals surface area contributed by atoms with Crippen LogP contribution >= 0.6 is 11.6 Å². The first-order valence-corrected chi connectivity index (χ1v) is 13.4. The van der Waals surface area contributed by atoms with E-state index >= 15 is 0 Å². The Morgan fingerprint density at radius 1 is 1.22 bits per heavy atom. The van der Waals surface area contributed by atoms with Gasteiger partial charge in [-0.05, 0) is 36.6 Å². The summed E-state index contributed by atoms with van der Waals surface area (Å²) in [7, 11) is 1.31. The summed E-state index contributed by atoms with van der Waals surface area (Å²) < 4.78 is 39.3. The lowest BCUT2D eigenvalue weighted by molar-refractivity contribution is -0.139. The van der Waals surface area contributed by atoms with Gasteiger partial charge in [0.2, 0.25) is 5.91 Å². The number of carbonyl (C=O) groups is 3. The van der Waals surface area contributed by atoms with Gasteiger partial charge in [-0.1, -0.05) is 35.9 Å². The van der Waals surface area contributed by atoms with E-state index in [-0.39, 0.29) is 42.3 Å². The fourth-order valence-corrected chi connectivity index (χ4v) is 5.16. The highest BCUT2D eigenvalue weighted by Crippen LogP contribution is 2.37. The van der Waals surface area contributed by atoms with Gasteiger partial charge in [-0.3, -0.25) is 14.5 Å². The number of aromatic amines is 1. The molecule has 0 saturated carbocycles. The average molecular weight is 585 g/mol. The number of carbonyl (C=O) groups excluding carboxylic acids is 3. The molecule has 1 fully saturated rings. The van der Waals surface area contributed by atoms with E-state index in [0.29, 0.717) is 41.2 Å². The van der Waals surface area contributed by atoms with Gasteiger partial charge < -0.3 is 19.8 Å². The summed E-state index contributed by atoms with van der Waals surface area (Å²) >= 11 is 5.84. The number of amides is 2. The van der Waals surface area contributed by atoms with E-state index in [1.54, 1.807) is 24.4 Å². The number of benzene rings is 2. The molecule has 0 aliphatic carbocycles. The zero-order chi connectivity index (χ0) is 29.1. The van der Waals surface area contributed by atoms with Crippen molar-refractivity contribution in [2.45, 2.75) is 44.2 Å². The zero-order valence-electron chi connectivity index (χ0n) is 22.1. The highest BCUT2D eigenvalue weighted by Gasteiger charge is 2.37. The second-order valence-electron chi connectivity index (χ2n) is 9.74. The molecule has 2 bridgehead atoms. The van der Waals surface area contributed by atoms with Crippen molar-refractivity contribution in [1.82, 2.24) is 14.9 Å². The molecule has 2 aromatic carbocycles. The lowest BCUT2D eigenvalue weighted by Gasteiger charge is -2.36. The van der Waals surface area contributed by atoms with Gasteiger partial charge in [-0.15, -0.1) is 0 Å². The Hall–Kier alpha value is -4.25. The normalized spacial score (nSPS) is 20.0. The smallest absolute Gasteiger partial charge is 0.411 e. The van der Waals surface area contributed by atoms with Crippen LogP contribution in [0.4, 0.5) is 19.3 Å². The average Bonchev–Trinajstić information content (AvgIpc) is 3.43. The van der Waals surface area contributed by atoms with E-state index in [1.807, 2.05) is 12.2 Å². The topological polar surface area (TPSA) is 114 Å². The summed E-state index contributed by atoms with van der Waals surface area (Å²) in [6.07, 6.45) is 4.64. The third-order valence-electron chi connectivity index (χ3n) is 7.09. The number of hydrogen-bond acceptors (Lipinski definition) is 6. The van der Waals surface area contributed by atoms with Crippen molar-refractivity contribution in [3.8, 4) is 11.3 Å². The molecule has 1 saturated heterocycles. The quantitative estimate of drug-likeness (QED) is 0.220. The fourth-order valence-electron chi connectivity index (χ4n) is 5.00. The van der Waals surface area contributed by atoms with Crippen molar-refractivity contribution in [2.75, 3.05) is 19.0 Å². The lowest BCUT2D eigenvalue weighted by Crippen LogP contribution is -2.42. The molecule has 0 radical (unpaired) electrons. The minimum absolute atomic E-state index is 0.0414. The van der Waals surface area contributed by atoms with E-state index in [2.05, 4.69) is 15.3 Å². The summed E-state index contributed by atoms with van der Waals surface area (Å²) in [6.45, 7) is 0.150. The fraction of sp³-hybridized carbons (Fsp3) is 0.310. The summed E-state index contributed by atoms with van der Waals surface area (Å²) in [6, 6.07) is 6.83. The molecular weight excluding hydrogens is 558 g/mol. The number of nitrogens with zero attached hydrogens (tertiary/aromatic N) is 2. The van der Waals surface area contributed by atoms with Crippen molar-refractivity contribution in [2.24, 2.45) is 0 Å². The molecule has 2 amide bonds. The number of imidazole rings is 1. The Morgan fingerprint density at radius 2 is 2.05 bits per heavy atom. The summed E-state index contributed by atoms with van der Waals surface area (Å²) in [5, 5.41) is 2.66. The largest absolute Gasteiger partial charge is 0.469 e. The third kappa shape index (κ3) is 6.09. The Kier molecular flexibility index (Phi) is 8.34. The van der Waals surface area contributed by atoms with Crippen molar-refractivity contribution < 1.29 is 32.6 Å². The molecule has 41 heavy (non-hydrogen) atoms. The van der Waals surface area contributed by atoms with Gasteiger partial charge in [0.25, 0.3) is 0 Å². The number of H-pyrrole nitrogens is 1. The van der Waals surface area contributed by atoms with Gasteiger partial charge in [0.1, 0.15) is 17.7 Å². The second kappa shape index (κ2) is 12.1. The number of anilines is 1. The molecule has 0 unspecified atom stereocenters. The first-order valence-electron chi connectivity index (χ1n) is 13.1. The Balaban J connectivity index is 1.44. The van der Waals surface area contributed by atoms with Crippen LogP contribution in [0.25, 0.3) is 11.3 Å². The van der Waals surface area contributed by atoms with Crippen molar-refractivity contribution in [1.29, 1.82) is 0 Å². The van der Waals surface area contributed by atoms with E-state index in [1.165, 1.54) is 12.0 Å². The second-order valence-corrected chi connectivity index (χ2v) is 10.1. The molecule has 12 heteroatoms. The molecule has 0 spiro atoms. The molecule has 9 nitrogen and oxygen atoms in total. The number of fused-ring (bicyclic) bond motifs is 4. The molecule has 2 aliphatic rings. The molecule has 2 N–H and O–H groups in total. The van der Waals surface area contributed by atoms with Crippen LogP contribution < -0.4 is 5.32 Å². The predicted molar refractivity (Wildman–Crippen MR) is 146 cm³/mol. The van der Waals surface area contributed by atoms with Crippen LogP contribution in [0.2, 0.25) is 5.02 Å². The van der Waals surface area contributed by atoms with Crippen LogP contribution in [0.5, 0.6) is 0 Å². The van der Waals surface area contributed by atoms with Crippen LogP contribution in [0.1, 0.15) is 54.8 Å². The molecule has 1 aromatic heterocycles. The van der Waals surface area contributed by atoms with Crippen LogP contribution in [-0.4, -0.2) is 46.5 Å². The van der Waals surface area contributed by atoms with Gasteiger partial charge in [0, 0.05) is 24.9 Å². The monoisotopic (exact) mass is 584 g/mol. The summed E-state index contributed by atoms with van der Waals surface area (Å²) in [5.41, 5.74) is 2.01. The molecule has 214 valence electrons. The van der Waals surface area contributed by atoms with Gasteiger partial charge >= 0.3 is 12.1 Å². The summed E-state index contributed by atoms with van der Waals surface area (Å²) in [4.78, 5) is 46.9. The molecule has 5 rings (SSSR count). The van der Waals surface area contributed by atoms with Crippen LogP contribution in [0, 0.1) is 11.6 Å². The van der Waals surface area contributed by atoms with E-state index in [0.717, 1.165) is 12.1 Å². The number of nitrogens with one attached hydrogen (secondary N) is 2. The first kappa shape index (κ1) is 28.3. The number of cyclic esters (lactones) is 1. The van der Waals surface area contributed by atoms with E-state index in [4.69, 9.17) is 21.1 Å². The van der Waals surface area contributed by atoms with Gasteiger partial charge in [0.05, 0.1) is 47.7 Å². The SMILES string of the molecule is COC(=O)Cc1ccc2c(c1)NC(=O)CC/C=C/C[C@H](N1CC[C@H](c3c(F)ccc(Cl)c3F)OC1=O)c1ncc-2[nH]1. The minimum Gasteiger partial charge on any atom is -0.469 e. The number of methoxy groups -OCH3 is 1. The number of esters is 1. The van der Waals surface area contributed by atoms with Crippen LogP contribution in [0.15, 0.2) is 48.7 Å². The van der Waals surface area contributed by atoms with Gasteiger partial charge in [-0.25, -0.2) is 18.6 Å². The first-order chi connectivity index (χ1) is 19.7. The van der Waals surface area contributed by atoms with Gasteiger partial charge in [0.15, 0.2) is 5.82 Å². The molecular formula is C29H27ClF2N4O5. The Labute approximate surface area is 239 Å². The van der Waals surface area contributed by atoms with Crippen molar-refractivity contribution >= 4 is 35.3 Å². The number of halogens is 3. The zero-order valence-corrected chi connectivity index (χ0v) is 22.8. The van der Waals surface area contributed by atoms with Gasteiger partial charge in [-0.2, -0.15) is 0 Å². The lowest BCUT2D eigenvalue weighted by atomic mass is 10.0. The van der Waals surface area contributed by atoms with E-state index < -0.39 is 35.8 Å². The van der Waals surface area contributed by atoms with Crippen molar-refractivity contribution in [3.63, 3.8) is 0 Å². The Bertz CT molecular complexity index is 1520. The van der Waals surface area contributed by atoms with Crippen LogP contribution in [0.3, 0.4) is 0 Å². The van der Waals surface area contributed by atoms with Crippen LogP contribution in [-0.2, 0) is 25.5 Å². The highest BCUT2D eigenvalue weighted by molar-refractivity contribution is 6.30. The van der Waals surface area contributed by atoms with Crippen molar-refractivity contribution in [3.05, 3.63) is 82.3 Å². The maximum atomic E-state index is 14.6. The Morgan fingerprint density at radius 3 is 2.83 bits per heavy atom. The molecule has 2 atom stereocenters. The highest BCUT2D eigenvalue weighted by atomic mass is 35.5. The number of ether oxygens (including phenoxy) is 2. The number of hydrogen-bond donors (Lipinski definition) is 2. The van der Waals surface area contributed by atoms with E-state index in [9.17, 15) is 23.2 Å². The number of rotatable bonds is 4. The maximum absolute atomic E-state index is 14.6.